The van der Waals surface area contributed by atoms with E-state index in [1.54, 1.807) is 6.07 Å². The molecular formula is C17H14N2O3. The number of rotatable bonds is 2. The highest BCUT2D eigenvalue weighted by atomic mass is 16.5. The first-order valence-electron chi connectivity index (χ1n) is 7.31. The van der Waals surface area contributed by atoms with E-state index in [1.165, 1.54) is 0 Å². The number of aryl methyl sites for hydroxylation is 2. The molecule has 5 heteroatoms. The molecule has 22 heavy (non-hydrogen) atoms. The van der Waals surface area contributed by atoms with Crippen LogP contribution in [0.1, 0.15) is 24.7 Å². The highest BCUT2D eigenvalue weighted by Crippen LogP contribution is 2.32. The van der Waals surface area contributed by atoms with Gasteiger partial charge in [0.15, 0.2) is 0 Å². The number of benzene rings is 1. The number of hydrogen-bond donors (Lipinski definition) is 0. The number of para-hydroxylation sites is 1. The topological polar surface area (TPSA) is 69.1 Å². The van der Waals surface area contributed by atoms with Gasteiger partial charge in [0, 0.05) is 10.8 Å². The molecular weight excluding hydrogens is 280 g/mol. The van der Waals surface area contributed by atoms with Crippen molar-refractivity contribution in [2.45, 2.75) is 26.7 Å². The molecule has 0 saturated heterocycles. The molecule has 0 aliphatic carbocycles. The molecule has 0 unspecified atom stereocenters. The third kappa shape index (κ3) is 1.68. The molecule has 0 radical (unpaired) electrons. The lowest BCUT2D eigenvalue weighted by Gasteiger charge is -2.07. The van der Waals surface area contributed by atoms with E-state index in [-0.39, 0.29) is 5.63 Å². The summed E-state index contributed by atoms with van der Waals surface area (Å²) in [5.74, 6) is 0. The van der Waals surface area contributed by atoms with Crippen molar-refractivity contribution < 1.29 is 8.94 Å². The van der Waals surface area contributed by atoms with Gasteiger partial charge in [-0.2, -0.15) is 0 Å². The predicted octanol–water partition coefficient (Wildman–Crippen LogP) is 3.74. The summed E-state index contributed by atoms with van der Waals surface area (Å²) < 4.78 is 10.8. The van der Waals surface area contributed by atoms with E-state index >= 15 is 0 Å². The van der Waals surface area contributed by atoms with Gasteiger partial charge in [-0.05, 0) is 19.4 Å². The second-order valence-corrected chi connectivity index (χ2v) is 5.39. The lowest BCUT2D eigenvalue weighted by atomic mass is 10.0. The van der Waals surface area contributed by atoms with Crippen LogP contribution in [0.2, 0.25) is 0 Å². The van der Waals surface area contributed by atoms with Crippen molar-refractivity contribution in [2.24, 2.45) is 0 Å². The molecule has 3 heterocycles. The maximum atomic E-state index is 12.5. The second kappa shape index (κ2) is 4.66. The molecule has 0 N–H and O–H groups in total. The molecule has 0 aliphatic heterocycles. The van der Waals surface area contributed by atoms with Gasteiger partial charge in [0.2, 0.25) is 0 Å². The summed E-state index contributed by atoms with van der Waals surface area (Å²) in [6.45, 7) is 3.90. The highest BCUT2D eigenvalue weighted by Gasteiger charge is 2.19. The van der Waals surface area contributed by atoms with Crippen LogP contribution >= 0.6 is 0 Å². The quantitative estimate of drug-likeness (QED) is 0.416. The number of pyridine rings is 1. The molecule has 0 saturated carbocycles. The summed E-state index contributed by atoms with van der Waals surface area (Å²) >= 11 is 0. The van der Waals surface area contributed by atoms with Crippen molar-refractivity contribution in [3.05, 3.63) is 46.1 Å². The van der Waals surface area contributed by atoms with Crippen LogP contribution in [0.25, 0.3) is 32.8 Å². The smallest absolute Gasteiger partial charge is 0.346 e. The van der Waals surface area contributed by atoms with Gasteiger partial charge in [-0.25, -0.2) is 9.78 Å². The average molecular weight is 294 g/mol. The Balaban J connectivity index is 2.38. The van der Waals surface area contributed by atoms with Gasteiger partial charge in [0.05, 0.1) is 22.2 Å². The molecule has 1 aromatic carbocycles. The summed E-state index contributed by atoms with van der Waals surface area (Å²) in [6, 6.07) is 7.52. The number of aromatic nitrogens is 2. The summed E-state index contributed by atoms with van der Waals surface area (Å²) in [4.78, 5) is 17.0. The van der Waals surface area contributed by atoms with E-state index in [1.807, 2.05) is 32.0 Å². The van der Waals surface area contributed by atoms with Crippen LogP contribution in [0.4, 0.5) is 0 Å². The summed E-state index contributed by atoms with van der Waals surface area (Å²) in [6.07, 6.45) is 1.57. The number of hydrogen-bond acceptors (Lipinski definition) is 5. The van der Waals surface area contributed by atoms with Crippen molar-refractivity contribution in [3.8, 4) is 0 Å². The Kier molecular flexibility index (Phi) is 2.76. The molecule has 3 aromatic heterocycles. The number of fused-ring (bicyclic) bond motifs is 5. The standard InChI is InChI=1S/C17H14N2O3/c1-3-6-11-15-14(13-9(2)19-22-16(13)18-11)10-7-4-5-8-12(10)21-17(15)20/h4-5,7-8H,3,6H2,1-2H3. The highest BCUT2D eigenvalue weighted by molar-refractivity contribution is 6.18. The lowest BCUT2D eigenvalue weighted by Crippen LogP contribution is -2.06. The molecule has 0 spiro atoms. The SMILES string of the molecule is CCCc1nc2onc(C)c2c2c1c(=O)oc1ccccc12. The van der Waals surface area contributed by atoms with Crippen LogP contribution in [0.3, 0.4) is 0 Å². The molecule has 110 valence electrons. The maximum absolute atomic E-state index is 12.5. The van der Waals surface area contributed by atoms with Gasteiger partial charge >= 0.3 is 5.63 Å². The molecule has 5 nitrogen and oxygen atoms in total. The Labute approximate surface area is 125 Å². The Morgan fingerprint density at radius 3 is 2.77 bits per heavy atom. The largest absolute Gasteiger partial charge is 0.422 e. The van der Waals surface area contributed by atoms with Gasteiger partial charge in [-0.1, -0.05) is 36.7 Å². The van der Waals surface area contributed by atoms with E-state index in [0.29, 0.717) is 28.8 Å². The van der Waals surface area contributed by atoms with E-state index in [4.69, 9.17) is 8.94 Å². The van der Waals surface area contributed by atoms with E-state index in [2.05, 4.69) is 10.1 Å². The van der Waals surface area contributed by atoms with Gasteiger partial charge in [-0.3, -0.25) is 0 Å². The van der Waals surface area contributed by atoms with Gasteiger partial charge < -0.3 is 8.94 Å². The molecule has 0 fully saturated rings. The minimum Gasteiger partial charge on any atom is -0.422 e. The molecule has 0 amide bonds. The fourth-order valence-electron chi connectivity index (χ4n) is 2.99. The van der Waals surface area contributed by atoms with Crippen molar-refractivity contribution in [3.63, 3.8) is 0 Å². The zero-order valence-electron chi connectivity index (χ0n) is 12.3. The summed E-state index contributed by atoms with van der Waals surface area (Å²) in [7, 11) is 0. The lowest BCUT2D eigenvalue weighted by molar-refractivity contribution is 0.442. The Hall–Kier alpha value is -2.69. The van der Waals surface area contributed by atoms with E-state index in [9.17, 15) is 4.79 Å². The van der Waals surface area contributed by atoms with E-state index < -0.39 is 0 Å². The first kappa shape index (κ1) is 13.0. The van der Waals surface area contributed by atoms with Crippen LogP contribution in [-0.4, -0.2) is 10.1 Å². The molecule has 4 aromatic rings. The average Bonchev–Trinajstić information content (AvgIpc) is 2.88. The number of nitrogens with zero attached hydrogens (tertiary/aromatic N) is 2. The van der Waals surface area contributed by atoms with Crippen molar-refractivity contribution >= 4 is 32.8 Å². The normalized spacial score (nSPS) is 11.7. The van der Waals surface area contributed by atoms with Gasteiger partial charge in [-0.15, -0.1) is 0 Å². The zero-order valence-corrected chi connectivity index (χ0v) is 12.3. The van der Waals surface area contributed by atoms with Crippen molar-refractivity contribution in [1.82, 2.24) is 10.1 Å². The molecule has 0 atom stereocenters. The Bertz CT molecular complexity index is 1080. The monoisotopic (exact) mass is 294 g/mol. The first-order valence-corrected chi connectivity index (χ1v) is 7.31. The van der Waals surface area contributed by atoms with Crippen LogP contribution < -0.4 is 5.63 Å². The summed E-state index contributed by atoms with van der Waals surface area (Å²) in [5, 5.41) is 7.06. The van der Waals surface area contributed by atoms with Gasteiger partial charge in [0.25, 0.3) is 5.71 Å². The fourth-order valence-corrected chi connectivity index (χ4v) is 2.99. The first-order chi connectivity index (χ1) is 10.7. The predicted molar refractivity (Wildman–Crippen MR) is 84.1 cm³/mol. The van der Waals surface area contributed by atoms with Crippen molar-refractivity contribution in [2.75, 3.05) is 0 Å². The third-order valence-electron chi connectivity index (χ3n) is 3.92. The molecule has 0 aliphatic rings. The zero-order chi connectivity index (χ0) is 15.3. The maximum Gasteiger partial charge on any atom is 0.346 e. The molecule has 4 rings (SSSR count). The van der Waals surface area contributed by atoms with Crippen LogP contribution in [-0.2, 0) is 6.42 Å². The minimum atomic E-state index is -0.354. The van der Waals surface area contributed by atoms with Crippen LogP contribution in [0.15, 0.2) is 38.0 Å². The van der Waals surface area contributed by atoms with E-state index in [0.717, 1.165) is 28.3 Å². The fraction of sp³-hybridized carbons (Fsp3) is 0.235. The second-order valence-electron chi connectivity index (χ2n) is 5.39. The minimum absolute atomic E-state index is 0.354. The van der Waals surface area contributed by atoms with Gasteiger partial charge in [0.1, 0.15) is 5.58 Å². The Morgan fingerprint density at radius 1 is 1.14 bits per heavy atom. The van der Waals surface area contributed by atoms with Crippen molar-refractivity contribution in [1.29, 1.82) is 0 Å². The van der Waals surface area contributed by atoms with Crippen LogP contribution in [0, 0.1) is 6.92 Å². The molecule has 0 bridgehead atoms. The third-order valence-corrected chi connectivity index (χ3v) is 3.92. The Morgan fingerprint density at radius 2 is 1.95 bits per heavy atom. The van der Waals surface area contributed by atoms with Crippen LogP contribution in [0.5, 0.6) is 0 Å². The summed E-state index contributed by atoms with van der Waals surface area (Å²) in [5.41, 5.74) is 2.12.